The summed E-state index contributed by atoms with van der Waals surface area (Å²) in [5.41, 5.74) is 0. The van der Waals surface area contributed by atoms with Crippen molar-refractivity contribution in [1.29, 1.82) is 0 Å². The fourth-order valence-electron chi connectivity index (χ4n) is 2.15. The lowest BCUT2D eigenvalue weighted by Crippen LogP contribution is -2.46. The second kappa shape index (κ2) is 6.65. The number of aromatic nitrogens is 2. The molecule has 106 valence electrons. The van der Waals surface area contributed by atoms with Gasteiger partial charge in [-0.3, -0.25) is 0 Å². The molecule has 6 heteroatoms. The first-order valence-corrected chi connectivity index (χ1v) is 6.87. The highest BCUT2D eigenvalue weighted by Crippen LogP contribution is 2.23. The average molecular weight is 268 g/mol. The zero-order chi connectivity index (χ0) is 13.7. The first-order chi connectivity index (χ1) is 9.26. The van der Waals surface area contributed by atoms with E-state index in [1.165, 1.54) is 6.20 Å². The molecule has 5 nitrogen and oxygen atoms in total. The van der Waals surface area contributed by atoms with Crippen LogP contribution >= 0.6 is 0 Å². The van der Waals surface area contributed by atoms with Crippen molar-refractivity contribution in [1.82, 2.24) is 9.97 Å². The number of ether oxygens (including phenoxy) is 1. The van der Waals surface area contributed by atoms with Gasteiger partial charge in [0.15, 0.2) is 11.6 Å². The molecule has 0 bridgehead atoms. The Morgan fingerprint density at radius 2 is 2.37 bits per heavy atom. The van der Waals surface area contributed by atoms with Crippen molar-refractivity contribution in [3.05, 3.63) is 12.0 Å². The Kier molecular flexibility index (Phi) is 4.90. The summed E-state index contributed by atoms with van der Waals surface area (Å²) in [7, 11) is 0. The van der Waals surface area contributed by atoms with Gasteiger partial charge in [-0.1, -0.05) is 13.8 Å². The Morgan fingerprint density at radius 1 is 1.53 bits per heavy atom. The lowest BCUT2D eigenvalue weighted by molar-refractivity contribution is 0.0921. The monoisotopic (exact) mass is 268 g/mol. The van der Waals surface area contributed by atoms with Gasteiger partial charge in [0.25, 0.3) is 0 Å². The highest BCUT2D eigenvalue weighted by Gasteiger charge is 2.25. The number of rotatable bonds is 5. The summed E-state index contributed by atoms with van der Waals surface area (Å²) in [6, 6.07) is 0.178. The topological polar surface area (TPSA) is 50.3 Å². The van der Waals surface area contributed by atoms with Gasteiger partial charge in [0.2, 0.25) is 5.95 Å². The zero-order valence-electron chi connectivity index (χ0n) is 11.5. The van der Waals surface area contributed by atoms with Crippen LogP contribution < -0.4 is 10.2 Å². The molecule has 1 aliphatic rings. The quantitative estimate of drug-likeness (QED) is 0.885. The second-order valence-corrected chi connectivity index (χ2v) is 4.62. The Balaban J connectivity index is 2.21. The van der Waals surface area contributed by atoms with Gasteiger partial charge >= 0.3 is 0 Å². The molecule has 1 aliphatic heterocycles. The first kappa shape index (κ1) is 14.0. The molecular formula is C13H21FN4O. The third kappa shape index (κ3) is 3.32. The highest BCUT2D eigenvalue weighted by atomic mass is 19.1. The van der Waals surface area contributed by atoms with Crippen LogP contribution in [0.5, 0.6) is 0 Å². The minimum absolute atomic E-state index is 0.178. The molecule has 1 atom stereocenters. The summed E-state index contributed by atoms with van der Waals surface area (Å²) in [4.78, 5) is 10.3. The normalized spacial score (nSPS) is 19.5. The van der Waals surface area contributed by atoms with Gasteiger partial charge < -0.3 is 15.0 Å². The van der Waals surface area contributed by atoms with Crippen LogP contribution in [0.25, 0.3) is 0 Å². The predicted octanol–water partition coefficient (Wildman–Crippen LogP) is 2.05. The molecule has 2 rings (SSSR count). The van der Waals surface area contributed by atoms with Gasteiger partial charge in [-0.2, -0.15) is 4.98 Å². The van der Waals surface area contributed by atoms with Crippen molar-refractivity contribution in [3.8, 4) is 0 Å². The van der Waals surface area contributed by atoms with Crippen LogP contribution in [0.2, 0.25) is 0 Å². The summed E-state index contributed by atoms with van der Waals surface area (Å²) >= 11 is 0. The zero-order valence-corrected chi connectivity index (χ0v) is 11.5. The van der Waals surface area contributed by atoms with E-state index in [0.29, 0.717) is 31.5 Å². The Hall–Kier alpha value is -1.43. The maximum absolute atomic E-state index is 14.0. The van der Waals surface area contributed by atoms with E-state index in [1.807, 2.05) is 4.90 Å². The van der Waals surface area contributed by atoms with Crippen LogP contribution in [0.1, 0.15) is 26.7 Å². The molecular weight excluding hydrogens is 247 g/mol. The van der Waals surface area contributed by atoms with Crippen molar-refractivity contribution >= 4 is 11.8 Å². The Labute approximate surface area is 113 Å². The van der Waals surface area contributed by atoms with Crippen LogP contribution in [0.4, 0.5) is 16.2 Å². The van der Waals surface area contributed by atoms with Gasteiger partial charge in [0, 0.05) is 13.1 Å². The van der Waals surface area contributed by atoms with Gasteiger partial charge in [-0.25, -0.2) is 9.37 Å². The number of hydrogen-bond donors (Lipinski definition) is 1. The number of halogens is 1. The summed E-state index contributed by atoms with van der Waals surface area (Å²) in [5.74, 6) is 0.491. The number of nitrogens with one attached hydrogen (secondary N) is 1. The summed E-state index contributed by atoms with van der Waals surface area (Å²) in [6.07, 6.45) is 3.12. The molecule has 2 heterocycles. The minimum Gasteiger partial charge on any atom is -0.377 e. The van der Waals surface area contributed by atoms with E-state index in [9.17, 15) is 4.39 Å². The Bertz CT molecular complexity index is 416. The molecule has 0 spiro atoms. The van der Waals surface area contributed by atoms with E-state index >= 15 is 0 Å². The van der Waals surface area contributed by atoms with Crippen molar-refractivity contribution in [3.63, 3.8) is 0 Å². The fourth-order valence-corrected chi connectivity index (χ4v) is 2.15. The molecule has 0 aromatic carbocycles. The lowest BCUT2D eigenvalue weighted by Gasteiger charge is -2.36. The SMILES string of the molecule is CCCNc1ncc(F)c(N2CCOCC2CC)n1. The summed E-state index contributed by atoms with van der Waals surface area (Å²) in [5, 5.41) is 3.09. The van der Waals surface area contributed by atoms with Crippen molar-refractivity contribution in [2.75, 3.05) is 36.5 Å². The van der Waals surface area contributed by atoms with Crippen LogP contribution in [0.3, 0.4) is 0 Å². The maximum atomic E-state index is 14.0. The van der Waals surface area contributed by atoms with Crippen LogP contribution in [-0.4, -0.2) is 42.3 Å². The first-order valence-electron chi connectivity index (χ1n) is 6.87. The molecule has 1 saturated heterocycles. The van der Waals surface area contributed by atoms with Gasteiger partial charge in [0.1, 0.15) is 0 Å². The van der Waals surface area contributed by atoms with E-state index in [1.54, 1.807) is 0 Å². The van der Waals surface area contributed by atoms with Crippen molar-refractivity contribution in [2.24, 2.45) is 0 Å². The number of nitrogens with zero attached hydrogens (tertiary/aromatic N) is 3. The molecule has 1 aromatic rings. The van der Waals surface area contributed by atoms with Crippen LogP contribution in [-0.2, 0) is 4.74 Å². The second-order valence-electron chi connectivity index (χ2n) is 4.62. The minimum atomic E-state index is -0.373. The lowest BCUT2D eigenvalue weighted by atomic mass is 10.2. The molecule has 1 aromatic heterocycles. The third-order valence-corrected chi connectivity index (χ3v) is 3.23. The number of morpholine rings is 1. The number of hydrogen-bond acceptors (Lipinski definition) is 5. The summed E-state index contributed by atoms with van der Waals surface area (Å²) in [6.45, 7) is 6.81. The smallest absolute Gasteiger partial charge is 0.224 e. The molecule has 1 unspecified atom stereocenters. The molecule has 0 saturated carbocycles. The van der Waals surface area contributed by atoms with E-state index in [0.717, 1.165) is 19.4 Å². The molecule has 1 fully saturated rings. The average Bonchev–Trinajstić information content (AvgIpc) is 2.46. The largest absolute Gasteiger partial charge is 0.377 e. The van der Waals surface area contributed by atoms with Crippen LogP contribution in [0.15, 0.2) is 6.20 Å². The summed E-state index contributed by atoms with van der Waals surface area (Å²) < 4.78 is 19.4. The molecule has 0 amide bonds. The van der Waals surface area contributed by atoms with Gasteiger partial charge in [-0.15, -0.1) is 0 Å². The third-order valence-electron chi connectivity index (χ3n) is 3.23. The molecule has 0 radical (unpaired) electrons. The fraction of sp³-hybridized carbons (Fsp3) is 0.692. The van der Waals surface area contributed by atoms with Crippen molar-refractivity contribution < 1.29 is 9.13 Å². The molecule has 19 heavy (non-hydrogen) atoms. The van der Waals surface area contributed by atoms with Crippen molar-refractivity contribution in [2.45, 2.75) is 32.7 Å². The standard InChI is InChI=1S/C13H21FN4O/c1-3-5-15-13-16-8-11(14)12(17-13)18-6-7-19-9-10(18)4-2/h8,10H,3-7,9H2,1-2H3,(H,15,16,17). The van der Waals surface area contributed by atoms with E-state index < -0.39 is 0 Å². The number of anilines is 2. The Morgan fingerprint density at radius 3 is 3.11 bits per heavy atom. The van der Waals surface area contributed by atoms with E-state index in [-0.39, 0.29) is 11.9 Å². The maximum Gasteiger partial charge on any atom is 0.224 e. The predicted molar refractivity (Wildman–Crippen MR) is 73.0 cm³/mol. The van der Waals surface area contributed by atoms with E-state index in [2.05, 4.69) is 29.1 Å². The van der Waals surface area contributed by atoms with E-state index in [4.69, 9.17) is 4.74 Å². The molecule has 0 aliphatic carbocycles. The van der Waals surface area contributed by atoms with Gasteiger partial charge in [0.05, 0.1) is 25.5 Å². The van der Waals surface area contributed by atoms with Gasteiger partial charge in [-0.05, 0) is 12.8 Å². The van der Waals surface area contributed by atoms with Crippen LogP contribution in [0, 0.1) is 5.82 Å². The molecule has 1 N–H and O–H groups in total. The highest BCUT2D eigenvalue weighted by molar-refractivity contribution is 5.45.